The van der Waals surface area contributed by atoms with Gasteiger partial charge >= 0.3 is 10.8 Å². The Morgan fingerprint density at radius 2 is 2.06 bits per heavy atom. The third-order valence-electron chi connectivity index (χ3n) is 1.96. The van der Waals surface area contributed by atoms with E-state index >= 15 is 0 Å². The van der Waals surface area contributed by atoms with Crippen LogP contribution in [0.4, 0.5) is 0 Å². The molecular formula is C8H11NO6S. The number of aliphatic hydroxyl groups is 1. The zero-order valence-corrected chi connectivity index (χ0v) is 9.74. The molecule has 0 amide bonds. The fourth-order valence-electron chi connectivity index (χ4n) is 1.19. The van der Waals surface area contributed by atoms with Gasteiger partial charge in [0, 0.05) is 20.3 Å². The molecule has 0 spiro atoms. The highest BCUT2D eigenvalue weighted by Gasteiger charge is 2.51. The van der Waals surface area contributed by atoms with Crippen molar-refractivity contribution in [3.63, 3.8) is 0 Å². The van der Waals surface area contributed by atoms with Crippen LogP contribution in [-0.4, -0.2) is 36.5 Å². The maximum atomic E-state index is 10.8. The van der Waals surface area contributed by atoms with Crippen LogP contribution in [0.5, 0.6) is 0 Å². The second kappa shape index (κ2) is 4.73. The zero-order chi connectivity index (χ0) is 12.3. The van der Waals surface area contributed by atoms with Crippen LogP contribution < -0.4 is 0 Å². The van der Waals surface area contributed by atoms with Crippen LogP contribution in [0.1, 0.15) is 0 Å². The highest BCUT2D eigenvalue weighted by Crippen LogP contribution is 2.47. The van der Waals surface area contributed by atoms with Gasteiger partial charge in [0.25, 0.3) is 5.95 Å². The smallest absolute Gasteiger partial charge is 0.318 e. The van der Waals surface area contributed by atoms with Gasteiger partial charge in [0.15, 0.2) is 0 Å². The Kier molecular flexibility index (Phi) is 3.79. The Morgan fingerprint density at radius 1 is 1.50 bits per heavy atom. The Morgan fingerprint density at radius 3 is 2.38 bits per heavy atom. The Labute approximate surface area is 95.8 Å². The fourth-order valence-corrected chi connectivity index (χ4v) is 2.22. The minimum atomic E-state index is -1.55. The van der Waals surface area contributed by atoms with Crippen LogP contribution in [-0.2, 0) is 14.2 Å². The van der Waals surface area contributed by atoms with Crippen LogP contribution in [0.25, 0.3) is 0 Å². The van der Waals surface area contributed by atoms with E-state index in [4.69, 9.17) is 9.47 Å². The number of aliphatic hydroxyl groups excluding tert-OH is 1. The van der Waals surface area contributed by atoms with Crippen molar-refractivity contribution in [3.8, 4) is 0 Å². The first-order chi connectivity index (χ1) is 7.50. The van der Waals surface area contributed by atoms with Crippen molar-refractivity contribution in [2.45, 2.75) is 5.12 Å². The van der Waals surface area contributed by atoms with E-state index in [1.165, 1.54) is 21.3 Å². The highest BCUT2D eigenvalue weighted by molar-refractivity contribution is 8.04. The van der Waals surface area contributed by atoms with Gasteiger partial charge < -0.3 is 19.3 Å². The summed E-state index contributed by atoms with van der Waals surface area (Å²) in [6.07, 6.45) is 1.15. The first-order valence-corrected chi connectivity index (χ1v) is 4.95. The van der Waals surface area contributed by atoms with E-state index in [0.717, 1.165) is 17.8 Å². The summed E-state index contributed by atoms with van der Waals surface area (Å²) in [6.45, 7) is 0. The van der Waals surface area contributed by atoms with Crippen molar-refractivity contribution in [1.29, 1.82) is 0 Å². The number of hydrogen-bond donors (Lipinski definition) is 1. The van der Waals surface area contributed by atoms with Gasteiger partial charge in [-0.2, -0.15) is 0 Å². The molecule has 7 nitrogen and oxygen atoms in total. The zero-order valence-electron chi connectivity index (χ0n) is 8.92. The molecule has 0 fully saturated rings. The van der Waals surface area contributed by atoms with E-state index in [-0.39, 0.29) is 10.6 Å². The largest absolute Gasteiger partial charge is 0.480 e. The minimum absolute atomic E-state index is 0.179. The molecule has 0 aromatic heterocycles. The molecule has 0 unspecified atom stereocenters. The molecule has 0 saturated carbocycles. The van der Waals surface area contributed by atoms with Crippen molar-refractivity contribution in [1.82, 2.24) is 0 Å². The lowest BCUT2D eigenvalue weighted by molar-refractivity contribution is -0.451. The molecule has 0 aliphatic carbocycles. The van der Waals surface area contributed by atoms with Crippen molar-refractivity contribution in [3.05, 3.63) is 32.7 Å². The van der Waals surface area contributed by atoms with E-state index in [2.05, 4.69) is 4.74 Å². The third-order valence-corrected chi connectivity index (χ3v) is 3.29. The van der Waals surface area contributed by atoms with Crippen LogP contribution in [0.15, 0.2) is 22.6 Å². The lowest BCUT2D eigenvalue weighted by Gasteiger charge is -2.22. The number of allylic oxidation sites excluding steroid dienone is 1. The molecule has 0 atom stereocenters. The first kappa shape index (κ1) is 12.8. The third kappa shape index (κ3) is 1.99. The van der Waals surface area contributed by atoms with Crippen LogP contribution in [0.3, 0.4) is 0 Å². The normalized spacial score (nSPS) is 21.6. The van der Waals surface area contributed by atoms with Crippen LogP contribution in [0, 0.1) is 10.1 Å². The number of rotatable bonds is 4. The molecule has 0 aromatic rings. The summed E-state index contributed by atoms with van der Waals surface area (Å²) >= 11 is 0.853. The summed E-state index contributed by atoms with van der Waals surface area (Å²) < 4.78 is 14.5. The molecule has 1 aliphatic heterocycles. The molecule has 0 aromatic carbocycles. The van der Waals surface area contributed by atoms with E-state index in [1.54, 1.807) is 0 Å². The Hall–Kier alpha value is -1.25. The molecule has 1 heterocycles. The number of hydrogen-bond acceptors (Lipinski definition) is 7. The fraction of sp³-hybridized carbons (Fsp3) is 0.500. The van der Waals surface area contributed by atoms with Crippen molar-refractivity contribution in [2.75, 3.05) is 21.3 Å². The van der Waals surface area contributed by atoms with Gasteiger partial charge in [-0.05, 0) is 11.8 Å². The number of ether oxygens (including phenoxy) is 3. The van der Waals surface area contributed by atoms with Gasteiger partial charge in [-0.25, -0.2) is 0 Å². The molecule has 16 heavy (non-hydrogen) atoms. The standard InChI is InChI=1S/C8H11NO6S/c1-13-7(10)5-4-6(9(11)12)8(14-2,15-3)16-5/h4,10H,1-3H3/b7-5+. The minimum Gasteiger partial charge on any atom is -0.480 e. The van der Waals surface area contributed by atoms with Gasteiger partial charge in [0.1, 0.15) is 4.91 Å². The van der Waals surface area contributed by atoms with Crippen LogP contribution in [0.2, 0.25) is 0 Å². The highest BCUT2D eigenvalue weighted by atomic mass is 32.2. The van der Waals surface area contributed by atoms with Crippen LogP contribution >= 0.6 is 11.8 Å². The van der Waals surface area contributed by atoms with E-state index < -0.39 is 16.0 Å². The van der Waals surface area contributed by atoms with Gasteiger partial charge in [-0.15, -0.1) is 0 Å². The summed E-state index contributed by atoms with van der Waals surface area (Å²) in [5, 5.41) is 18.6. The number of thioether (sulfide) groups is 1. The topological polar surface area (TPSA) is 91.1 Å². The van der Waals surface area contributed by atoms with Gasteiger partial charge in [-0.1, -0.05) is 0 Å². The quantitative estimate of drug-likeness (QED) is 0.346. The van der Waals surface area contributed by atoms with E-state index in [9.17, 15) is 15.2 Å². The molecule has 0 bridgehead atoms. The van der Waals surface area contributed by atoms with E-state index in [1.807, 2.05) is 0 Å². The maximum absolute atomic E-state index is 10.8. The van der Waals surface area contributed by atoms with Gasteiger partial charge in [0.05, 0.1) is 12.0 Å². The lowest BCUT2D eigenvalue weighted by Crippen LogP contribution is -2.33. The summed E-state index contributed by atoms with van der Waals surface area (Å²) in [4.78, 5) is 10.4. The molecular weight excluding hydrogens is 238 g/mol. The van der Waals surface area contributed by atoms with Crippen molar-refractivity contribution < 1.29 is 24.2 Å². The second-order valence-electron chi connectivity index (χ2n) is 2.73. The van der Waals surface area contributed by atoms with Crippen molar-refractivity contribution in [2.24, 2.45) is 0 Å². The summed E-state index contributed by atoms with van der Waals surface area (Å²) in [5.41, 5.74) is -0.305. The predicted molar refractivity (Wildman–Crippen MR) is 56.1 cm³/mol. The second-order valence-corrected chi connectivity index (χ2v) is 3.91. The number of methoxy groups -OCH3 is 3. The van der Waals surface area contributed by atoms with Gasteiger partial charge in [-0.3, -0.25) is 10.1 Å². The molecule has 1 aliphatic rings. The SMILES string of the molecule is CO/C(O)=C1\C=C([N+](=O)[O-])C(OC)(OC)S1. The molecule has 0 saturated heterocycles. The average molecular weight is 249 g/mol. The molecule has 8 heteroatoms. The summed E-state index contributed by atoms with van der Waals surface area (Å²) in [5.74, 6) is -0.416. The van der Waals surface area contributed by atoms with Crippen molar-refractivity contribution >= 4 is 11.8 Å². The summed E-state index contributed by atoms with van der Waals surface area (Å²) in [7, 11) is 3.81. The molecule has 1 rings (SSSR count). The van der Waals surface area contributed by atoms with E-state index in [0.29, 0.717) is 0 Å². The number of nitro groups is 1. The Balaban J connectivity index is 3.20. The molecule has 0 radical (unpaired) electrons. The average Bonchev–Trinajstić information content (AvgIpc) is 2.68. The Bertz CT molecular complexity index is 360. The first-order valence-electron chi connectivity index (χ1n) is 4.14. The van der Waals surface area contributed by atoms with Gasteiger partial charge in [0.2, 0.25) is 0 Å². The molecule has 90 valence electrons. The summed E-state index contributed by atoms with van der Waals surface area (Å²) in [6, 6.07) is 0. The monoisotopic (exact) mass is 249 g/mol. The predicted octanol–water partition coefficient (Wildman–Crippen LogP) is 1.21. The number of nitrogens with zero attached hydrogens (tertiary/aromatic N) is 1. The maximum Gasteiger partial charge on any atom is 0.318 e. The lowest BCUT2D eigenvalue weighted by atomic mass is 10.4. The molecule has 1 N–H and O–H groups in total.